The monoisotopic (exact) mass is 566 g/mol. The van der Waals surface area contributed by atoms with Crippen molar-refractivity contribution >= 4 is 11.8 Å². The van der Waals surface area contributed by atoms with Gasteiger partial charge in [0.1, 0.15) is 18.4 Å². The van der Waals surface area contributed by atoms with E-state index in [4.69, 9.17) is 14.2 Å². The standard InChI is InChI=1S/C29H35FN6O5/c1-39-24-14-11-20(16-25(24)40-2)28-32-34-36(33-28)18-26(37)35(17-23-8-5-15-41-23)27(19-9-12-21(30)13-10-19)29(38)31-22-6-3-4-7-22/h9-14,16,22-23,27H,3-8,15,17-18H2,1-2H3,(H,31,38)/t23-,27+/m0/s1. The third-order valence-electron chi connectivity index (χ3n) is 7.56. The molecule has 1 saturated heterocycles. The predicted octanol–water partition coefficient (Wildman–Crippen LogP) is 3.30. The minimum atomic E-state index is -0.971. The Kier molecular flexibility index (Phi) is 9.07. The summed E-state index contributed by atoms with van der Waals surface area (Å²) in [6.07, 6.45) is 5.31. The number of hydrogen-bond donors (Lipinski definition) is 1. The minimum Gasteiger partial charge on any atom is -0.493 e. The molecule has 2 amide bonds. The number of benzene rings is 2. The molecule has 0 bridgehead atoms. The van der Waals surface area contributed by atoms with Gasteiger partial charge in [-0.3, -0.25) is 9.59 Å². The highest BCUT2D eigenvalue weighted by Crippen LogP contribution is 2.31. The van der Waals surface area contributed by atoms with Gasteiger partial charge in [0.2, 0.25) is 17.6 Å². The second kappa shape index (κ2) is 13.1. The lowest BCUT2D eigenvalue weighted by Gasteiger charge is -2.33. The van der Waals surface area contributed by atoms with Crippen molar-refractivity contribution in [3.8, 4) is 22.9 Å². The van der Waals surface area contributed by atoms with Gasteiger partial charge in [-0.2, -0.15) is 4.80 Å². The average molecular weight is 567 g/mol. The Morgan fingerprint density at radius 3 is 2.51 bits per heavy atom. The first-order valence-corrected chi connectivity index (χ1v) is 13.9. The highest BCUT2D eigenvalue weighted by Gasteiger charge is 2.36. The molecule has 0 spiro atoms. The van der Waals surface area contributed by atoms with Crippen LogP contribution in [0.3, 0.4) is 0 Å². The molecule has 1 aliphatic heterocycles. The highest BCUT2D eigenvalue weighted by atomic mass is 19.1. The Bertz CT molecular complexity index is 1340. The van der Waals surface area contributed by atoms with Crippen molar-refractivity contribution in [3.63, 3.8) is 0 Å². The van der Waals surface area contributed by atoms with E-state index in [0.717, 1.165) is 38.5 Å². The zero-order valence-corrected chi connectivity index (χ0v) is 23.3. The van der Waals surface area contributed by atoms with Crippen LogP contribution < -0.4 is 14.8 Å². The molecule has 41 heavy (non-hydrogen) atoms. The number of nitrogens with zero attached hydrogens (tertiary/aromatic N) is 5. The topological polar surface area (TPSA) is 121 Å². The maximum Gasteiger partial charge on any atom is 0.247 e. The number of carbonyl (C=O) groups excluding carboxylic acids is 2. The predicted molar refractivity (Wildman–Crippen MR) is 147 cm³/mol. The van der Waals surface area contributed by atoms with Crippen molar-refractivity contribution in [1.82, 2.24) is 30.4 Å². The molecule has 1 aromatic heterocycles. The van der Waals surface area contributed by atoms with Crippen molar-refractivity contribution in [2.45, 2.75) is 63.3 Å². The van der Waals surface area contributed by atoms with Crippen LogP contribution in [0.1, 0.15) is 50.1 Å². The van der Waals surface area contributed by atoms with Crippen LogP contribution in [-0.4, -0.2) is 76.4 Å². The summed E-state index contributed by atoms with van der Waals surface area (Å²) in [5.41, 5.74) is 1.16. The van der Waals surface area contributed by atoms with Crippen LogP contribution in [0.5, 0.6) is 11.5 Å². The molecule has 0 unspecified atom stereocenters. The molecule has 1 saturated carbocycles. The van der Waals surface area contributed by atoms with Gasteiger partial charge < -0.3 is 24.4 Å². The summed E-state index contributed by atoms with van der Waals surface area (Å²) in [5.74, 6) is 0.274. The smallest absolute Gasteiger partial charge is 0.247 e. The van der Waals surface area contributed by atoms with E-state index in [-0.39, 0.29) is 37.0 Å². The fourth-order valence-electron chi connectivity index (χ4n) is 5.44. The Labute approximate surface area is 237 Å². The third-order valence-corrected chi connectivity index (χ3v) is 7.56. The molecule has 3 aromatic rings. The second-order valence-electron chi connectivity index (χ2n) is 10.3. The van der Waals surface area contributed by atoms with E-state index in [1.165, 1.54) is 28.9 Å². The quantitative estimate of drug-likeness (QED) is 0.375. The van der Waals surface area contributed by atoms with Crippen LogP contribution in [-0.2, 0) is 20.9 Å². The summed E-state index contributed by atoms with van der Waals surface area (Å²) in [5, 5.41) is 15.7. The first kappa shape index (κ1) is 28.5. The Hall–Kier alpha value is -4.06. The van der Waals surface area contributed by atoms with Gasteiger partial charge >= 0.3 is 0 Å². The van der Waals surface area contributed by atoms with Crippen LogP contribution >= 0.6 is 0 Å². The lowest BCUT2D eigenvalue weighted by Crippen LogP contribution is -2.49. The molecule has 0 radical (unpaired) electrons. The van der Waals surface area contributed by atoms with E-state index < -0.39 is 11.9 Å². The number of nitrogens with one attached hydrogen (secondary N) is 1. The van der Waals surface area contributed by atoms with Gasteiger partial charge in [-0.05, 0) is 66.8 Å². The summed E-state index contributed by atoms with van der Waals surface area (Å²) in [6.45, 7) is 0.555. The van der Waals surface area contributed by atoms with Gasteiger partial charge in [0.25, 0.3) is 0 Å². The number of halogens is 1. The molecule has 11 nitrogen and oxygen atoms in total. The van der Waals surface area contributed by atoms with Crippen LogP contribution in [0.2, 0.25) is 0 Å². The molecule has 1 aliphatic carbocycles. The molecule has 5 rings (SSSR count). The second-order valence-corrected chi connectivity index (χ2v) is 10.3. The maximum absolute atomic E-state index is 13.9. The lowest BCUT2D eigenvalue weighted by molar-refractivity contribution is -0.143. The van der Waals surface area contributed by atoms with Crippen LogP contribution in [0.15, 0.2) is 42.5 Å². The summed E-state index contributed by atoms with van der Waals surface area (Å²) >= 11 is 0. The van der Waals surface area contributed by atoms with Gasteiger partial charge in [0.15, 0.2) is 11.5 Å². The lowest BCUT2D eigenvalue weighted by atomic mass is 10.0. The summed E-state index contributed by atoms with van der Waals surface area (Å²) < 4.78 is 30.3. The van der Waals surface area contributed by atoms with Crippen LogP contribution in [0.25, 0.3) is 11.4 Å². The fourth-order valence-corrected chi connectivity index (χ4v) is 5.44. The maximum atomic E-state index is 13.9. The summed E-state index contributed by atoms with van der Waals surface area (Å²) in [7, 11) is 3.08. The first-order valence-electron chi connectivity index (χ1n) is 13.9. The molecule has 2 heterocycles. The number of amides is 2. The SMILES string of the molecule is COc1ccc(-c2nnn(CC(=O)N(C[C@@H]3CCCO3)[C@@H](C(=O)NC3CCCC3)c3ccc(F)cc3)n2)cc1OC. The summed E-state index contributed by atoms with van der Waals surface area (Å²) in [4.78, 5) is 30.4. The zero-order valence-electron chi connectivity index (χ0n) is 23.3. The molecular formula is C29H35FN6O5. The number of methoxy groups -OCH3 is 2. The van der Waals surface area contributed by atoms with Gasteiger partial charge in [0.05, 0.1) is 20.3 Å². The number of aromatic nitrogens is 4. The van der Waals surface area contributed by atoms with Gasteiger partial charge in [-0.1, -0.05) is 25.0 Å². The van der Waals surface area contributed by atoms with Crippen molar-refractivity contribution in [2.24, 2.45) is 0 Å². The third kappa shape index (κ3) is 6.82. The Morgan fingerprint density at radius 1 is 1.07 bits per heavy atom. The van der Waals surface area contributed by atoms with E-state index in [1.54, 1.807) is 37.4 Å². The first-order chi connectivity index (χ1) is 19.9. The minimum absolute atomic E-state index is 0.0474. The van der Waals surface area contributed by atoms with E-state index >= 15 is 0 Å². The molecule has 1 N–H and O–H groups in total. The van der Waals surface area contributed by atoms with E-state index in [1.807, 2.05) is 0 Å². The molecule has 2 aromatic carbocycles. The number of rotatable bonds is 11. The van der Waals surface area contributed by atoms with E-state index in [2.05, 4.69) is 20.7 Å². The number of tetrazole rings is 1. The molecule has 12 heteroatoms. The van der Waals surface area contributed by atoms with E-state index in [0.29, 0.717) is 35.1 Å². The van der Waals surface area contributed by atoms with E-state index in [9.17, 15) is 14.0 Å². The molecule has 2 atom stereocenters. The molecular weight excluding hydrogens is 531 g/mol. The molecule has 2 fully saturated rings. The summed E-state index contributed by atoms with van der Waals surface area (Å²) in [6, 6.07) is 10.0. The van der Waals surface area contributed by atoms with Gasteiger partial charge in [-0.15, -0.1) is 10.2 Å². The van der Waals surface area contributed by atoms with Crippen molar-refractivity contribution in [3.05, 3.63) is 53.8 Å². The Morgan fingerprint density at radius 2 is 1.83 bits per heavy atom. The fraction of sp³-hybridized carbons (Fsp3) is 0.483. The van der Waals surface area contributed by atoms with Crippen LogP contribution in [0, 0.1) is 5.82 Å². The largest absolute Gasteiger partial charge is 0.493 e. The van der Waals surface area contributed by atoms with Crippen LogP contribution in [0.4, 0.5) is 4.39 Å². The highest BCUT2D eigenvalue weighted by molar-refractivity contribution is 5.89. The average Bonchev–Trinajstić information content (AvgIpc) is 3.77. The normalized spacial score (nSPS) is 17.8. The van der Waals surface area contributed by atoms with Crippen molar-refractivity contribution in [1.29, 1.82) is 0 Å². The van der Waals surface area contributed by atoms with Gasteiger partial charge in [-0.25, -0.2) is 4.39 Å². The van der Waals surface area contributed by atoms with Crippen molar-refractivity contribution < 1.29 is 28.2 Å². The number of hydrogen-bond acceptors (Lipinski definition) is 8. The zero-order chi connectivity index (χ0) is 28.8. The van der Waals surface area contributed by atoms with Crippen molar-refractivity contribution in [2.75, 3.05) is 27.4 Å². The molecule has 218 valence electrons. The van der Waals surface area contributed by atoms with Gasteiger partial charge in [0, 0.05) is 24.8 Å². The Balaban J connectivity index is 1.41. The number of carbonyl (C=O) groups is 2. The molecule has 2 aliphatic rings. The number of ether oxygens (including phenoxy) is 3.